The summed E-state index contributed by atoms with van der Waals surface area (Å²) in [7, 11) is 0. The first-order valence-electron chi connectivity index (χ1n) is 9.55. The summed E-state index contributed by atoms with van der Waals surface area (Å²) in [5.41, 5.74) is 13.0. The number of rotatable bonds is 6. The van der Waals surface area contributed by atoms with Gasteiger partial charge in [0.2, 0.25) is 0 Å². The van der Waals surface area contributed by atoms with Crippen molar-refractivity contribution >= 4 is 17.6 Å². The van der Waals surface area contributed by atoms with E-state index < -0.39 is 0 Å². The Morgan fingerprint density at radius 2 is 1.85 bits per heavy atom. The Morgan fingerprint density at radius 1 is 1.12 bits per heavy atom. The number of nitrogens with zero attached hydrogens (tertiary/aromatic N) is 1. The van der Waals surface area contributed by atoms with E-state index in [0.717, 1.165) is 16.8 Å². The summed E-state index contributed by atoms with van der Waals surface area (Å²) < 4.78 is 0. The van der Waals surface area contributed by atoms with Gasteiger partial charge in [-0.25, -0.2) is 4.99 Å². The van der Waals surface area contributed by atoms with Crippen LogP contribution in [0.2, 0.25) is 0 Å². The van der Waals surface area contributed by atoms with Gasteiger partial charge < -0.3 is 5.73 Å². The second-order valence-corrected chi connectivity index (χ2v) is 6.99. The molecule has 0 amide bonds. The second-order valence-electron chi connectivity index (χ2n) is 6.99. The molecule has 2 nitrogen and oxygen atoms in total. The van der Waals surface area contributed by atoms with Crippen LogP contribution in [-0.4, -0.2) is 5.84 Å². The molecule has 26 heavy (non-hydrogen) atoms. The molecule has 1 unspecified atom stereocenters. The van der Waals surface area contributed by atoms with E-state index in [0.29, 0.717) is 18.2 Å². The maximum Gasteiger partial charge on any atom is 0.104 e. The van der Waals surface area contributed by atoms with E-state index in [1.165, 1.54) is 36.0 Å². The summed E-state index contributed by atoms with van der Waals surface area (Å²) in [6.45, 7) is 8.39. The van der Waals surface area contributed by atoms with Gasteiger partial charge in [0.15, 0.2) is 0 Å². The molecule has 0 bridgehead atoms. The molecule has 2 N–H and O–H groups in total. The highest BCUT2D eigenvalue weighted by atomic mass is 14.9. The predicted octanol–water partition coefficient (Wildman–Crippen LogP) is 6.61. The van der Waals surface area contributed by atoms with Crippen molar-refractivity contribution in [2.45, 2.75) is 45.4 Å². The van der Waals surface area contributed by atoms with Crippen LogP contribution in [0.15, 0.2) is 65.7 Å². The largest absolute Gasteiger partial charge is 0.387 e. The van der Waals surface area contributed by atoms with Crippen molar-refractivity contribution < 1.29 is 0 Å². The van der Waals surface area contributed by atoms with E-state index in [9.17, 15) is 0 Å². The Hall–Kier alpha value is -2.61. The van der Waals surface area contributed by atoms with Gasteiger partial charge in [0, 0.05) is 12.0 Å². The zero-order chi connectivity index (χ0) is 18.5. The molecule has 0 aliphatic carbocycles. The maximum absolute atomic E-state index is 6.06. The molecule has 1 aliphatic rings. The normalized spacial score (nSPS) is 14.7. The zero-order valence-electron chi connectivity index (χ0n) is 15.8. The van der Waals surface area contributed by atoms with Gasteiger partial charge in [-0.05, 0) is 53.2 Å². The minimum Gasteiger partial charge on any atom is -0.387 e. The average Bonchev–Trinajstić information content (AvgIpc) is 2.83. The summed E-state index contributed by atoms with van der Waals surface area (Å²) >= 11 is 0. The number of amidine groups is 1. The summed E-state index contributed by atoms with van der Waals surface area (Å²) in [4.78, 5) is 4.60. The highest BCUT2D eigenvalue weighted by molar-refractivity contribution is 5.91. The standard InChI is InChI=1S/C24H28N2/c1-4-7-18(6-3)19-8-10-20(11-9-19)21-12-13-22-14-17(5-2)15-24(25)26-23(22)16-21/h5,8-14,16,18H,2,4,6-7,15H2,1,3H3,(H2,25,26). The van der Waals surface area contributed by atoms with Gasteiger partial charge in [-0.15, -0.1) is 0 Å². The highest BCUT2D eigenvalue weighted by Gasteiger charge is 2.11. The zero-order valence-corrected chi connectivity index (χ0v) is 15.8. The third kappa shape index (κ3) is 3.96. The summed E-state index contributed by atoms with van der Waals surface area (Å²) in [6.07, 6.45) is 8.29. The van der Waals surface area contributed by atoms with E-state index >= 15 is 0 Å². The summed E-state index contributed by atoms with van der Waals surface area (Å²) in [5, 5.41) is 0. The maximum atomic E-state index is 6.06. The molecule has 2 heteroatoms. The molecule has 1 atom stereocenters. The van der Waals surface area contributed by atoms with Gasteiger partial charge in [0.25, 0.3) is 0 Å². The molecular weight excluding hydrogens is 316 g/mol. The number of hydrogen-bond acceptors (Lipinski definition) is 2. The van der Waals surface area contributed by atoms with Crippen LogP contribution in [0, 0.1) is 0 Å². The fourth-order valence-electron chi connectivity index (χ4n) is 3.63. The first kappa shape index (κ1) is 18.2. The van der Waals surface area contributed by atoms with Crippen molar-refractivity contribution in [1.29, 1.82) is 0 Å². The van der Waals surface area contributed by atoms with Crippen LogP contribution in [0.3, 0.4) is 0 Å². The SMILES string of the molecule is C=CC1=Cc2ccc(-c3ccc(C(CC)CCC)cc3)cc2N=C(N)C1. The van der Waals surface area contributed by atoms with Gasteiger partial charge >= 0.3 is 0 Å². The molecule has 0 radical (unpaired) electrons. The van der Waals surface area contributed by atoms with Crippen LogP contribution in [0.4, 0.5) is 5.69 Å². The quantitative estimate of drug-likeness (QED) is 0.629. The summed E-state index contributed by atoms with van der Waals surface area (Å²) in [6, 6.07) is 15.4. The Bertz CT molecular complexity index is 841. The number of fused-ring (bicyclic) bond motifs is 1. The van der Waals surface area contributed by atoms with E-state index in [4.69, 9.17) is 5.73 Å². The van der Waals surface area contributed by atoms with E-state index in [1.807, 2.05) is 6.08 Å². The second kappa shape index (κ2) is 8.18. The predicted molar refractivity (Wildman–Crippen MR) is 114 cm³/mol. The van der Waals surface area contributed by atoms with Crippen molar-refractivity contribution in [1.82, 2.24) is 0 Å². The lowest BCUT2D eigenvalue weighted by atomic mass is 9.90. The van der Waals surface area contributed by atoms with Gasteiger partial charge in [0.1, 0.15) is 5.84 Å². The molecule has 2 aromatic rings. The molecule has 0 saturated heterocycles. The monoisotopic (exact) mass is 344 g/mol. The van der Waals surface area contributed by atoms with Crippen molar-refractivity contribution in [3.63, 3.8) is 0 Å². The Morgan fingerprint density at radius 3 is 2.50 bits per heavy atom. The molecular formula is C24H28N2. The number of aliphatic imine (C=N–C) groups is 1. The number of allylic oxidation sites excluding steroid dienone is 1. The van der Waals surface area contributed by atoms with Crippen molar-refractivity contribution in [2.24, 2.45) is 10.7 Å². The van der Waals surface area contributed by atoms with Crippen molar-refractivity contribution in [2.75, 3.05) is 0 Å². The Labute approximate surface area is 157 Å². The highest BCUT2D eigenvalue weighted by Crippen LogP contribution is 2.33. The van der Waals surface area contributed by atoms with Gasteiger partial charge in [-0.3, -0.25) is 0 Å². The molecule has 0 saturated carbocycles. The fraction of sp³-hybridized carbons (Fsp3) is 0.292. The molecule has 134 valence electrons. The van der Waals surface area contributed by atoms with Crippen molar-refractivity contribution in [3.05, 3.63) is 71.8 Å². The van der Waals surface area contributed by atoms with Crippen LogP contribution in [0.25, 0.3) is 17.2 Å². The molecule has 3 rings (SSSR count). The lowest BCUT2D eigenvalue weighted by molar-refractivity contribution is 0.596. The Balaban J connectivity index is 1.93. The fourth-order valence-corrected chi connectivity index (χ4v) is 3.63. The first-order valence-corrected chi connectivity index (χ1v) is 9.55. The van der Waals surface area contributed by atoms with Gasteiger partial charge in [-0.1, -0.05) is 69.3 Å². The number of hydrogen-bond donors (Lipinski definition) is 1. The van der Waals surface area contributed by atoms with E-state index in [2.05, 4.69) is 74.0 Å². The smallest absolute Gasteiger partial charge is 0.104 e. The molecule has 1 aliphatic heterocycles. The minimum absolute atomic E-state index is 0.632. The molecule has 0 aromatic heterocycles. The first-order chi connectivity index (χ1) is 12.6. The van der Waals surface area contributed by atoms with Crippen LogP contribution in [0.5, 0.6) is 0 Å². The molecule has 2 aromatic carbocycles. The topological polar surface area (TPSA) is 38.4 Å². The third-order valence-corrected chi connectivity index (χ3v) is 5.13. The lowest BCUT2D eigenvalue weighted by Crippen LogP contribution is -2.10. The van der Waals surface area contributed by atoms with Gasteiger partial charge in [-0.2, -0.15) is 0 Å². The van der Waals surface area contributed by atoms with E-state index in [-0.39, 0.29) is 0 Å². The number of benzene rings is 2. The van der Waals surface area contributed by atoms with Crippen LogP contribution >= 0.6 is 0 Å². The average molecular weight is 345 g/mol. The lowest BCUT2D eigenvalue weighted by Gasteiger charge is -2.15. The Kier molecular flexibility index (Phi) is 5.72. The van der Waals surface area contributed by atoms with Crippen LogP contribution in [0.1, 0.15) is 56.6 Å². The number of nitrogens with two attached hydrogens (primary N) is 1. The van der Waals surface area contributed by atoms with E-state index in [1.54, 1.807) is 0 Å². The molecule has 0 fully saturated rings. The molecule has 1 heterocycles. The van der Waals surface area contributed by atoms with Crippen LogP contribution < -0.4 is 5.73 Å². The summed E-state index contributed by atoms with van der Waals surface area (Å²) in [5.74, 6) is 1.29. The van der Waals surface area contributed by atoms with Crippen LogP contribution in [-0.2, 0) is 0 Å². The molecule has 0 spiro atoms. The minimum atomic E-state index is 0.632. The third-order valence-electron chi connectivity index (χ3n) is 5.13. The van der Waals surface area contributed by atoms with Crippen molar-refractivity contribution in [3.8, 4) is 11.1 Å². The van der Waals surface area contributed by atoms with Gasteiger partial charge in [0.05, 0.1) is 5.69 Å².